The molecular formula is C11H10F2OS. The minimum Gasteiger partial charge on any atom is -0.293 e. The number of halogens is 2. The van der Waals surface area contributed by atoms with Gasteiger partial charge in [0.05, 0.1) is 11.3 Å². The fourth-order valence-electron chi connectivity index (χ4n) is 1.22. The summed E-state index contributed by atoms with van der Waals surface area (Å²) in [4.78, 5) is 11.5. The molecule has 80 valence electrons. The summed E-state index contributed by atoms with van der Waals surface area (Å²) in [5.41, 5.74) is -0.00968. The zero-order chi connectivity index (χ0) is 10.8. The van der Waals surface area contributed by atoms with Crippen LogP contribution in [0.2, 0.25) is 0 Å². The Morgan fingerprint density at radius 3 is 2.73 bits per heavy atom. The van der Waals surface area contributed by atoms with Crippen LogP contribution in [0, 0.1) is 11.6 Å². The quantitative estimate of drug-likeness (QED) is 0.737. The summed E-state index contributed by atoms with van der Waals surface area (Å²) in [7, 11) is 0. The number of ketones is 1. The number of benzene rings is 1. The van der Waals surface area contributed by atoms with Gasteiger partial charge in [0.1, 0.15) is 11.6 Å². The third-order valence-electron chi connectivity index (χ3n) is 2.21. The molecule has 0 amide bonds. The first kappa shape index (κ1) is 10.6. The van der Waals surface area contributed by atoms with Crippen LogP contribution in [0.4, 0.5) is 8.78 Å². The van der Waals surface area contributed by atoms with Gasteiger partial charge < -0.3 is 0 Å². The van der Waals surface area contributed by atoms with Gasteiger partial charge in [-0.3, -0.25) is 4.79 Å². The molecule has 0 atom stereocenters. The van der Waals surface area contributed by atoms with E-state index in [4.69, 9.17) is 0 Å². The van der Waals surface area contributed by atoms with Crippen molar-refractivity contribution in [2.45, 2.75) is 18.1 Å². The Morgan fingerprint density at radius 2 is 2.13 bits per heavy atom. The van der Waals surface area contributed by atoms with Crippen molar-refractivity contribution < 1.29 is 13.6 Å². The monoisotopic (exact) mass is 228 g/mol. The first-order valence-corrected chi connectivity index (χ1v) is 5.81. The molecule has 0 spiro atoms. The van der Waals surface area contributed by atoms with Crippen LogP contribution in [0.3, 0.4) is 0 Å². The number of carbonyl (C=O) groups excluding carboxylic acids is 1. The molecule has 1 fully saturated rings. The molecule has 1 nitrogen and oxygen atoms in total. The molecule has 0 aromatic heterocycles. The van der Waals surface area contributed by atoms with Gasteiger partial charge in [0.2, 0.25) is 0 Å². The molecule has 2 rings (SSSR count). The lowest BCUT2D eigenvalue weighted by Crippen LogP contribution is -2.06. The van der Waals surface area contributed by atoms with Gasteiger partial charge in [-0.05, 0) is 25.0 Å². The zero-order valence-electron chi connectivity index (χ0n) is 8.00. The van der Waals surface area contributed by atoms with E-state index in [1.807, 2.05) is 0 Å². The summed E-state index contributed by atoms with van der Waals surface area (Å²) >= 11 is 1.55. The first-order valence-electron chi connectivity index (χ1n) is 4.76. The maximum absolute atomic E-state index is 13.2. The summed E-state index contributed by atoms with van der Waals surface area (Å²) in [6.07, 6.45) is 2.29. The van der Waals surface area contributed by atoms with E-state index in [9.17, 15) is 13.6 Å². The van der Waals surface area contributed by atoms with E-state index < -0.39 is 11.6 Å². The number of carbonyl (C=O) groups is 1. The predicted octanol–water partition coefficient (Wildman–Crippen LogP) is 3.04. The molecule has 15 heavy (non-hydrogen) atoms. The molecule has 0 bridgehead atoms. The van der Waals surface area contributed by atoms with E-state index in [0.29, 0.717) is 5.25 Å². The minimum absolute atomic E-state index is 0.00968. The van der Waals surface area contributed by atoms with Crippen molar-refractivity contribution in [2.75, 3.05) is 5.75 Å². The molecule has 1 aliphatic carbocycles. The van der Waals surface area contributed by atoms with Crippen LogP contribution in [0.15, 0.2) is 18.2 Å². The molecule has 0 unspecified atom stereocenters. The highest BCUT2D eigenvalue weighted by Crippen LogP contribution is 2.34. The normalized spacial score (nSPS) is 15.3. The van der Waals surface area contributed by atoms with E-state index in [1.165, 1.54) is 6.07 Å². The number of thioether (sulfide) groups is 1. The highest BCUT2D eigenvalue weighted by atomic mass is 32.2. The summed E-state index contributed by atoms with van der Waals surface area (Å²) in [6, 6.07) is 3.06. The average Bonchev–Trinajstić information content (AvgIpc) is 2.97. The minimum atomic E-state index is -0.767. The zero-order valence-corrected chi connectivity index (χ0v) is 8.82. The Kier molecular flexibility index (Phi) is 3.05. The summed E-state index contributed by atoms with van der Waals surface area (Å²) in [6.45, 7) is 0. The maximum atomic E-state index is 13.2. The van der Waals surface area contributed by atoms with E-state index in [1.54, 1.807) is 11.8 Å². The second-order valence-electron chi connectivity index (χ2n) is 3.56. The SMILES string of the molecule is O=C(CSC1CC1)c1ccc(F)cc1F. The average molecular weight is 228 g/mol. The second kappa shape index (κ2) is 4.31. The van der Waals surface area contributed by atoms with Crippen molar-refractivity contribution in [3.8, 4) is 0 Å². The van der Waals surface area contributed by atoms with E-state index in [-0.39, 0.29) is 17.1 Å². The van der Waals surface area contributed by atoms with Crippen LogP contribution in [0.25, 0.3) is 0 Å². The van der Waals surface area contributed by atoms with Gasteiger partial charge in [0, 0.05) is 11.3 Å². The van der Waals surface area contributed by atoms with Gasteiger partial charge in [0.25, 0.3) is 0 Å². The van der Waals surface area contributed by atoms with Crippen molar-refractivity contribution >= 4 is 17.5 Å². The van der Waals surface area contributed by atoms with Crippen LogP contribution in [0.5, 0.6) is 0 Å². The predicted molar refractivity (Wildman–Crippen MR) is 56.2 cm³/mol. The van der Waals surface area contributed by atoms with Gasteiger partial charge in [-0.2, -0.15) is 11.8 Å². The molecule has 0 heterocycles. The van der Waals surface area contributed by atoms with Crippen LogP contribution < -0.4 is 0 Å². The lowest BCUT2D eigenvalue weighted by atomic mass is 10.1. The molecule has 1 aliphatic rings. The van der Waals surface area contributed by atoms with E-state index in [2.05, 4.69) is 0 Å². The van der Waals surface area contributed by atoms with Crippen molar-refractivity contribution in [1.29, 1.82) is 0 Å². The van der Waals surface area contributed by atoms with Crippen LogP contribution in [0.1, 0.15) is 23.2 Å². The standard InChI is InChI=1S/C11H10F2OS/c12-7-1-4-9(10(13)5-7)11(14)6-15-8-2-3-8/h1,4-5,8H,2-3,6H2. The molecule has 1 aromatic carbocycles. The smallest absolute Gasteiger partial charge is 0.175 e. The largest absolute Gasteiger partial charge is 0.293 e. The Balaban J connectivity index is 2.03. The van der Waals surface area contributed by atoms with Crippen LogP contribution in [-0.4, -0.2) is 16.8 Å². The molecule has 0 radical (unpaired) electrons. The first-order chi connectivity index (χ1) is 7.16. The van der Waals surface area contributed by atoms with Crippen molar-refractivity contribution in [3.05, 3.63) is 35.4 Å². The molecule has 4 heteroatoms. The van der Waals surface area contributed by atoms with Crippen molar-refractivity contribution in [2.24, 2.45) is 0 Å². The Hall–Kier alpha value is -0.900. The van der Waals surface area contributed by atoms with E-state index in [0.717, 1.165) is 25.0 Å². The number of Topliss-reactive ketones (excluding diaryl/α,β-unsaturated/α-hetero) is 1. The van der Waals surface area contributed by atoms with Crippen LogP contribution >= 0.6 is 11.8 Å². The number of hydrogen-bond donors (Lipinski definition) is 0. The Bertz CT molecular complexity index is 388. The molecule has 0 saturated heterocycles. The molecule has 0 N–H and O–H groups in total. The summed E-state index contributed by atoms with van der Waals surface area (Å²) in [5.74, 6) is -1.40. The Labute approximate surface area is 90.9 Å². The maximum Gasteiger partial charge on any atom is 0.175 e. The summed E-state index contributed by atoms with van der Waals surface area (Å²) < 4.78 is 25.7. The molecule has 1 aromatic rings. The van der Waals surface area contributed by atoms with Crippen molar-refractivity contribution in [3.63, 3.8) is 0 Å². The fraction of sp³-hybridized carbons (Fsp3) is 0.364. The molecule has 1 saturated carbocycles. The van der Waals surface area contributed by atoms with E-state index >= 15 is 0 Å². The third-order valence-corrected chi connectivity index (χ3v) is 3.58. The topological polar surface area (TPSA) is 17.1 Å². The second-order valence-corrected chi connectivity index (χ2v) is 4.85. The lowest BCUT2D eigenvalue weighted by molar-refractivity contribution is 0.101. The summed E-state index contributed by atoms with van der Waals surface area (Å²) in [5, 5.41) is 0.567. The van der Waals surface area contributed by atoms with Gasteiger partial charge in [-0.25, -0.2) is 8.78 Å². The van der Waals surface area contributed by atoms with Gasteiger partial charge in [-0.1, -0.05) is 0 Å². The van der Waals surface area contributed by atoms with Gasteiger partial charge >= 0.3 is 0 Å². The van der Waals surface area contributed by atoms with Gasteiger partial charge in [0.15, 0.2) is 5.78 Å². The fourth-order valence-corrected chi connectivity index (χ4v) is 2.23. The van der Waals surface area contributed by atoms with Gasteiger partial charge in [-0.15, -0.1) is 0 Å². The number of hydrogen-bond acceptors (Lipinski definition) is 2. The number of rotatable bonds is 4. The molecule has 0 aliphatic heterocycles. The molecular weight excluding hydrogens is 218 g/mol. The highest BCUT2D eigenvalue weighted by molar-refractivity contribution is 8.00. The third kappa shape index (κ3) is 2.78. The lowest BCUT2D eigenvalue weighted by Gasteiger charge is -2.01. The van der Waals surface area contributed by atoms with Crippen molar-refractivity contribution in [1.82, 2.24) is 0 Å². The Morgan fingerprint density at radius 1 is 1.40 bits per heavy atom. The van der Waals surface area contributed by atoms with Crippen LogP contribution in [-0.2, 0) is 0 Å². The highest BCUT2D eigenvalue weighted by Gasteiger charge is 2.23.